The van der Waals surface area contributed by atoms with Gasteiger partial charge in [0.2, 0.25) is 0 Å². The van der Waals surface area contributed by atoms with E-state index in [0.29, 0.717) is 45.7 Å². The molecule has 2 atom stereocenters. The normalized spacial score (nSPS) is 15.3. The van der Waals surface area contributed by atoms with E-state index in [4.69, 9.17) is 30.5 Å². The first-order chi connectivity index (χ1) is 21.6. The van der Waals surface area contributed by atoms with Crippen LogP contribution in [0.1, 0.15) is 36.6 Å². The van der Waals surface area contributed by atoms with E-state index >= 15 is 0 Å². The third kappa shape index (κ3) is 9.02. The average molecular weight is 814 g/mol. The van der Waals surface area contributed by atoms with Crippen molar-refractivity contribution in [1.29, 1.82) is 0 Å². The Kier molecular flexibility index (Phi) is 12.3. The summed E-state index contributed by atoms with van der Waals surface area (Å²) in [6, 6.07) is 15.0. The Balaban J connectivity index is 1.43. The molecule has 1 aliphatic rings. The number of ether oxygens (including phenoxy) is 4. The first kappa shape index (κ1) is 34.3. The van der Waals surface area contributed by atoms with Gasteiger partial charge in [-0.2, -0.15) is 5.10 Å². The third-order valence-electron chi connectivity index (χ3n) is 6.47. The summed E-state index contributed by atoms with van der Waals surface area (Å²) >= 11 is 12.0. The molecule has 45 heavy (non-hydrogen) atoms. The fraction of sp³-hybridized carbons (Fsp3) is 0.258. The summed E-state index contributed by atoms with van der Waals surface area (Å²) in [4.78, 5) is 24.6. The van der Waals surface area contributed by atoms with Crippen molar-refractivity contribution in [3.05, 3.63) is 95.6 Å². The van der Waals surface area contributed by atoms with E-state index in [-0.39, 0.29) is 18.8 Å². The highest BCUT2D eigenvalue weighted by Gasteiger charge is 2.32. The Morgan fingerprint density at radius 2 is 1.96 bits per heavy atom. The highest BCUT2D eigenvalue weighted by molar-refractivity contribution is 14.1. The minimum Gasteiger partial charge on any atom is -0.490 e. The second-order valence-corrected chi connectivity index (χ2v) is 12.1. The lowest BCUT2D eigenvalue weighted by Crippen LogP contribution is -2.45. The number of urea groups is 1. The van der Waals surface area contributed by atoms with Crippen LogP contribution in [-0.4, -0.2) is 49.9 Å². The lowest BCUT2D eigenvalue weighted by molar-refractivity contribution is -0.136. The van der Waals surface area contributed by atoms with E-state index < -0.39 is 24.3 Å². The summed E-state index contributed by atoms with van der Waals surface area (Å²) < 4.78 is 24.3. The SMILES string of the molecule is CCOc1cc([C@H]2NC(=O)NC(C)=C2C(=O)OC)ccc1OC[C@H](O)N/N=C/c1cc(Br)cc(I)c1OCc1ccccc1Cl. The molecule has 0 saturated carbocycles. The molecule has 2 amide bonds. The van der Waals surface area contributed by atoms with Crippen molar-refractivity contribution in [1.82, 2.24) is 16.1 Å². The molecule has 0 radical (unpaired) electrons. The number of methoxy groups -OCH3 is 1. The van der Waals surface area contributed by atoms with Gasteiger partial charge in [-0.05, 0) is 72.3 Å². The molecule has 4 rings (SSSR count). The number of benzene rings is 3. The number of rotatable bonds is 13. The fourth-order valence-corrected chi connectivity index (χ4v) is 6.31. The molecule has 3 aromatic carbocycles. The van der Waals surface area contributed by atoms with Crippen LogP contribution in [0.25, 0.3) is 0 Å². The molecule has 238 valence electrons. The van der Waals surface area contributed by atoms with Gasteiger partial charge in [0.1, 0.15) is 19.0 Å². The zero-order chi connectivity index (χ0) is 32.5. The first-order valence-corrected chi connectivity index (χ1v) is 15.9. The van der Waals surface area contributed by atoms with Crippen LogP contribution < -0.4 is 30.3 Å². The number of carbonyl (C=O) groups excluding carboxylic acids is 2. The van der Waals surface area contributed by atoms with Gasteiger partial charge < -0.3 is 34.7 Å². The molecule has 11 nitrogen and oxygen atoms in total. The monoisotopic (exact) mass is 812 g/mol. The van der Waals surface area contributed by atoms with Crippen LogP contribution in [0.5, 0.6) is 17.2 Å². The second kappa shape index (κ2) is 16.2. The number of hydrazone groups is 1. The Bertz CT molecular complexity index is 1620. The minimum atomic E-state index is -1.17. The minimum absolute atomic E-state index is 0.168. The van der Waals surface area contributed by atoms with Gasteiger partial charge >= 0.3 is 12.0 Å². The number of aliphatic hydroxyl groups is 1. The lowest BCUT2D eigenvalue weighted by atomic mass is 9.95. The summed E-state index contributed by atoms with van der Waals surface area (Å²) in [7, 11) is 1.27. The fourth-order valence-electron chi connectivity index (χ4n) is 4.41. The molecule has 0 spiro atoms. The maximum absolute atomic E-state index is 12.5. The van der Waals surface area contributed by atoms with Crippen molar-refractivity contribution in [2.45, 2.75) is 32.7 Å². The van der Waals surface area contributed by atoms with E-state index in [0.717, 1.165) is 13.6 Å². The Hall–Kier alpha value is -3.53. The van der Waals surface area contributed by atoms with Crippen molar-refractivity contribution in [3.8, 4) is 17.2 Å². The van der Waals surface area contributed by atoms with Gasteiger partial charge in [-0.15, -0.1) is 0 Å². The van der Waals surface area contributed by atoms with E-state index in [1.807, 2.05) is 37.3 Å². The number of hydrogen-bond acceptors (Lipinski definition) is 9. The number of amides is 2. The van der Waals surface area contributed by atoms with Crippen LogP contribution >= 0.6 is 50.1 Å². The first-order valence-electron chi connectivity index (χ1n) is 13.7. The molecule has 0 aromatic heterocycles. The molecule has 1 aliphatic heterocycles. The molecule has 1 heterocycles. The Morgan fingerprint density at radius 1 is 1.18 bits per heavy atom. The largest absolute Gasteiger partial charge is 0.490 e. The van der Waals surface area contributed by atoms with E-state index in [2.05, 4.69) is 59.7 Å². The molecule has 0 aliphatic carbocycles. The predicted molar refractivity (Wildman–Crippen MR) is 182 cm³/mol. The Labute approximate surface area is 287 Å². The molecular weight excluding hydrogens is 783 g/mol. The third-order valence-corrected chi connectivity index (χ3v) is 8.09. The molecule has 14 heteroatoms. The van der Waals surface area contributed by atoms with Gasteiger partial charge in [0.25, 0.3) is 0 Å². The number of carbonyl (C=O) groups is 2. The van der Waals surface area contributed by atoms with Gasteiger partial charge in [0.05, 0.1) is 35.1 Å². The standard InChI is InChI=1S/C31H31BrClIN4O7/c1-4-43-25-12-18(28-27(30(40)42-3)17(2)36-31(41)37-28)9-10-24(25)44-16-26(39)38-35-14-20-11-21(32)13-23(34)29(20)45-15-19-7-5-6-8-22(19)33/h5-14,26,28,38-39H,4,15-16H2,1-3H3,(H2,36,37,41)/b35-14+/t26-,28+/m0/s1. The van der Waals surface area contributed by atoms with Gasteiger partial charge in [-0.25, -0.2) is 9.59 Å². The second-order valence-electron chi connectivity index (χ2n) is 9.60. The van der Waals surface area contributed by atoms with Crippen LogP contribution in [-0.2, 0) is 16.1 Å². The predicted octanol–water partition coefficient (Wildman–Crippen LogP) is 5.81. The molecule has 0 fully saturated rings. The summed E-state index contributed by atoms with van der Waals surface area (Å²) in [5.41, 5.74) is 5.42. The van der Waals surface area contributed by atoms with Crippen LogP contribution in [0.15, 0.2) is 75.4 Å². The smallest absolute Gasteiger partial charge is 0.337 e. The van der Waals surface area contributed by atoms with Crippen LogP contribution in [0, 0.1) is 3.57 Å². The number of hydrogen-bond donors (Lipinski definition) is 4. The highest BCUT2D eigenvalue weighted by atomic mass is 127. The average Bonchev–Trinajstić information content (AvgIpc) is 3.00. The molecule has 0 bridgehead atoms. The molecular formula is C31H31BrClIN4O7. The summed E-state index contributed by atoms with van der Waals surface area (Å²) in [5.74, 6) is 0.754. The van der Waals surface area contributed by atoms with E-state index in [1.165, 1.54) is 7.11 Å². The summed E-state index contributed by atoms with van der Waals surface area (Å²) in [6.45, 7) is 3.87. The highest BCUT2D eigenvalue weighted by Crippen LogP contribution is 2.35. The van der Waals surface area contributed by atoms with Crippen molar-refractivity contribution >= 4 is 68.3 Å². The van der Waals surface area contributed by atoms with Crippen molar-refractivity contribution in [2.75, 3.05) is 20.3 Å². The van der Waals surface area contributed by atoms with Crippen LogP contribution in [0.4, 0.5) is 4.79 Å². The van der Waals surface area contributed by atoms with E-state index in [1.54, 1.807) is 37.4 Å². The zero-order valence-corrected chi connectivity index (χ0v) is 29.0. The van der Waals surface area contributed by atoms with Crippen molar-refractivity contribution in [2.24, 2.45) is 5.10 Å². The number of esters is 1. The number of halogens is 3. The quantitative estimate of drug-likeness (QED) is 0.0559. The van der Waals surface area contributed by atoms with Crippen molar-refractivity contribution < 1.29 is 33.6 Å². The van der Waals surface area contributed by atoms with E-state index in [9.17, 15) is 14.7 Å². The van der Waals surface area contributed by atoms with Gasteiger partial charge in [-0.1, -0.05) is 51.8 Å². The maximum atomic E-state index is 12.5. The number of nitrogens with zero attached hydrogens (tertiary/aromatic N) is 1. The van der Waals surface area contributed by atoms with Gasteiger partial charge in [0, 0.05) is 26.3 Å². The number of nitrogens with one attached hydrogen (secondary N) is 3. The van der Waals surface area contributed by atoms with Gasteiger partial charge in [-0.3, -0.25) is 5.43 Å². The number of allylic oxidation sites excluding steroid dienone is 1. The molecule has 0 unspecified atom stereocenters. The topological polar surface area (TPSA) is 140 Å². The zero-order valence-electron chi connectivity index (χ0n) is 24.5. The molecule has 0 saturated heterocycles. The van der Waals surface area contributed by atoms with Crippen LogP contribution in [0.3, 0.4) is 0 Å². The van der Waals surface area contributed by atoms with Crippen LogP contribution in [0.2, 0.25) is 5.02 Å². The number of aliphatic hydroxyl groups excluding tert-OH is 1. The van der Waals surface area contributed by atoms with Gasteiger partial charge in [0.15, 0.2) is 17.7 Å². The maximum Gasteiger partial charge on any atom is 0.337 e. The van der Waals surface area contributed by atoms with Crippen molar-refractivity contribution in [3.63, 3.8) is 0 Å². The Morgan fingerprint density at radius 3 is 2.69 bits per heavy atom. The summed E-state index contributed by atoms with van der Waals surface area (Å²) in [6.07, 6.45) is 0.370. The summed E-state index contributed by atoms with van der Waals surface area (Å²) in [5, 5.41) is 20.7. The lowest BCUT2D eigenvalue weighted by Gasteiger charge is -2.28. The molecule has 3 aromatic rings. The molecule has 4 N–H and O–H groups in total.